The molecule has 3 N–H and O–H groups in total. The number of ether oxygens (including phenoxy) is 1. The Balaban J connectivity index is 2.39. The summed E-state index contributed by atoms with van der Waals surface area (Å²) in [5, 5.41) is 14.1. The zero-order valence-corrected chi connectivity index (χ0v) is 11.6. The summed E-state index contributed by atoms with van der Waals surface area (Å²) in [5.74, 6) is 0.817. The van der Waals surface area contributed by atoms with Gasteiger partial charge in [-0.25, -0.2) is 4.79 Å². The molecular weight excluding hydrogens is 244 g/mol. The SMILES string of the molecule is CC(CO)NC(=O)NCc1ccc(OC(C)C)cc1. The van der Waals surface area contributed by atoms with Crippen molar-refractivity contribution in [3.8, 4) is 5.75 Å². The van der Waals surface area contributed by atoms with E-state index < -0.39 is 0 Å². The Kier molecular flexibility index (Phi) is 6.15. The number of hydrogen-bond donors (Lipinski definition) is 3. The van der Waals surface area contributed by atoms with Crippen molar-refractivity contribution in [3.63, 3.8) is 0 Å². The highest BCUT2D eigenvalue weighted by Gasteiger charge is 2.05. The van der Waals surface area contributed by atoms with E-state index in [1.807, 2.05) is 38.1 Å². The van der Waals surface area contributed by atoms with Gasteiger partial charge in [0.05, 0.1) is 18.8 Å². The Bertz CT molecular complexity index is 390. The predicted octanol–water partition coefficient (Wildman–Crippen LogP) is 1.65. The number of hydrogen-bond acceptors (Lipinski definition) is 3. The fourth-order valence-corrected chi connectivity index (χ4v) is 1.46. The topological polar surface area (TPSA) is 70.6 Å². The second-order valence-electron chi connectivity index (χ2n) is 4.72. The molecule has 0 fully saturated rings. The molecule has 0 saturated carbocycles. The summed E-state index contributed by atoms with van der Waals surface area (Å²) in [4.78, 5) is 11.4. The van der Waals surface area contributed by atoms with Crippen molar-refractivity contribution in [1.29, 1.82) is 0 Å². The van der Waals surface area contributed by atoms with Gasteiger partial charge < -0.3 is 20.5 Å². The number of benzene rings is 1. The van der Waals surface area contributed by atoms with Crippen LogP contribution in [-0.2, 0) is 6.54 Å². The van der Waals surface area contributed by atoms with E-state index >= 15 is 0 Å². The van der Waals surface area contributed by atoms with Gasteiger partial charge in [0.25, 0.3) is 0 Å². The molecular formula is C14H22N2O3. The molecule has 1 atom stereocenters. The molecule has 0 bridgehead atoms. The molecule has 0 spiro atoms. The van der Waals surface area contributed by atoms with Gasteiger partial charge in [0, 0.05) is 6.54 Å². The van der Waals surface area contributed by atoms with Gasteiger partial charge in [-0.05, 0) is 38.5 Å². The van der Waals surface area contributed by atoms with Gasteiger partial charge in [0.2, 0.25) is 0 Å². The van der Waals surface area contributed by atoms with Gasteiger partial charge in [-0.1, -0.05) is 12.1 Å². The minimum atomic E-state index is -0.288. The molecule has 0 radical (unpaired) electrons. The molecule has 106 valence electrons. The fraction of sp³-hybridized carbons (Fsp3) is 0.500. The molecule has 0 aliphatic rings. The van der Waals surface area contributed by atoms with E-state index in [1.54, 1.807) is 6.92 Å². The maximum absolute atomic E-state index is 11.4. The van der Waals surface area contributed by atoms with Crippen LogP contribution in [0.1, 0.15) is 26.3 Å². The molecule has 1 aromatic carbocycles. The zero-order valence-electron chi connectivity index (χ0n) is 11.6. The van der Waals surface area contributed by atoms with Crippen LogP contribution in [0.3, 0.4) is 0 Å². The molecule has 2 amide bonds. The van der Waals surface area contributed by atoms with Crippen LogP contribution in [0.5, 0.6) is 5.75 Å². The molecule has 0 aliphatic heterocycles. The molecule has 19 heavy (non-hydrogen) atoms. The lowest BCUT2D eigenvalue weighted by Crippen LogP contribution is -2.41. The molecule has 5 nitrogen and oxygen atoms in total. The van der Waals surface area contributed by atoms with E-state index in [4.69, 9.17) is 9.84 Å². The van der Waals surface area contributed by atoms with E-state index in [2.05, 4.69) is 10.6 Å². The van der Waals surface area contributed by atoms with Gasteiger partial charge >= 0.3 is 6.03 Å². The van der Waals surface area contributed by atoms with Crippen LogP contribution in [0.15, 0.2) is 24.3 Å². The zero-order chi connectivity index (χ0) is 14.3. The van der Waals surface area contributed by atoms with Crippen LogP contribution in [0.4, 0.5) is 4.79 Å². The van der Waals surface area contributed by atoms with Crippen LogP contribution in [0, 0.1) is 0 Å². The monoisotopic (exact) mass is 266 g/mol. The van der Waals surface area contributed by atoms with Gasteiger partial charge in [-0.2, -0.15) is 0 Å². The summed E-state index contributed by atoms with van der Waals surface area (Å²) in [6.45, 7) is 6.04. The lowest BCUT2D eigenvalue weighted by molar-refractivity contribution is 0.220. The molecule has 5 heteroatoms. The van der Waals surface area contributed by atoms with Gasteiger partial charge in [-0.3, -0.25) is 0 Å². The van der Waals surface area contributed by atoms with Gasteiger partial charge in [-0.15, -0.1) is 0 Å². The van der Waals surface area contributed by atoms with Gasteiger partial charge in [0.15, 0.2) is 0 Å². The predicted molar refractivity (Wildman–Crippen MR) is 74.1 cm³/mol. The first-order valence-electron chi connectivity index (χ1n) is 6.42. The number of carbonyl (C=O) groups excluding carboxylic acids is 1. The summed E-state index contributed by atoms with van der Waals surface area (Å²) >= 11 is 0. The summed E-state index contributed by atoms with van der Waals surface area (Å²) in [7, 11) is 0. The number of nitrogens with one attached hydrogen (secondary N) is 2. The quantitative estimate of drug-likeness (QED) is 0.733. The lowest BCUT2D eigenvalue weighted by Gasteiger charge is -2.13. The van der Waals surface area contributed by atoms with Gasteiger partial charge in [0.1, 0.15) is 5.75 Å². The number of aliphatic hydroxyl groups is 1. The number of carbonyl (C=O) groups is 1. The Morgan fingerprint density at radius 3 is 2.42 bits per heavy atom. The summed E-state index contributed by atoms with van der Waals surface area (Å²) in [6.07, 6.45) is 0.148. The molecule has 0 aromatic heterocycles. The molecule has 0 saturated heterocycles. The first-order valence-corrected chi connectivity index (χ1v) is 6.42. The number of aliphatic hydroxyl groups excluding tert-OH is 1. The highest BCUT2D eigenvalue weighted by Crippen LogP contribution is 2.13. The number of amides is 2. The van der Waals surface area contributed by atoms with Crippen LogP contribution >= 0.6 is 0 Å². The van der Waals surface area contributed by atoms with Crippen molar-refractivity contribution >= 4 is 6.03 Å². The summed E-state index contributed by atoms with van der Waals surface area (Å²) < 4.78 is 5.53. The first-order chi connectivity index (χ1) is 9.01. The Morgan fingerprint density at radius 1 is 1.26 bits per heavy atom. The first kappa shape index (κ1) is 15.3. The van der Waals surface area contributed by atoms with Crippen LogP contribution in [0.2, 0.25) is 0 Å². The summed E-state index contributed by atoms with van der Waals surface area (Å²) in [5.41, 5.74) is 0.989. The maximum atomic E-state index is 11.4. The molecule has 0 heterocycles. The van der Waals surface area contributed by atoms with Crippen molar-refractivity contribution in [2.24, 2.45) is 0 Å². The second-order valence-corrected chi connectivity index (χ2v) is 4.72. The Labute approximate surface area is 114 Å². The van der Waals surface area contributed by atoms with Crippen LogP contribution in [0.25, 0.3) is 0 Å². The normalized spacial score (nSPS) is 12.1. The lowest BCUT2D eigenvalue weighted by atomic mass is 10.2. The van der Waals surface area contributed by atoms with Crippen molar-refractivity contribution in [2.45, 2.75) is 39.5 Å². The maximum Gasteiger partial charge on any atom is 0.315 e. The van der Waals surface area contributed by atoms with Crippen molar-refractivity contribution < 1.29 is 14.6 Å². The third-order valence-electron chi connectivity index (χ3n) is 2.40. The average Bonchev–Trinajstić information content (AvgIpc) is 2.37. The van der Waals surface area contributed by atoms with Crippen LogP contribution in [-0.4, -0.2) is 29.9 Å². The van der Waals surface area contributed by atoms with E-state index in [9.17, 15) is 4.79 Å². The van der Waals surface area contributed by atoms with Crippen molar-refractivity contribution in [3.05, 3.63) is 29.8 Å². The average molecular weight is 266 g/mol. The third kappa shape index (κ3) is 6.10. The molecule has 1 unspecified atom stereocenters. The second kappa shape index (κ2) is 7.63. The molecule has 1 rings (SSSR count). The van der Waals surface area contributed by atoms with E-state index in [1.165, 1.54) is 0 Å². The van der Waals surface area contributed by atoms with E-state index in [0.717, 1.165) is 11.3 Å². The highest BCUT2D eigenvalue weighted by molar-refractivity contribution is 5.74. The van der Waals surface area contributed by atoms with Crippen LogP contribution < -0.4 is 15.4 Å². The summed E-state index contributed by atoms with van der Waals surface area (Å²) in [6, 6.07) is 7.04. The molecule has 0 aliphatic carbocycles. The third-order valence-corrected chi connectivity index (χ3v) is 2.40. The minimum absolute atomic E-state index is 0.0747. The van der Waals surface area contributed by atoms with Crippen molar-refractivity contribution in [2.75, 3.05) is 6.61 Å². The number of rotatable bonds is 6. The molecule has 1 aromatic rings. The van der Waals surface area contributed by atoms with E-state index in [0.29, 0.717) is 6.54 Å². The Morgan fingerprint density at radius 2 is 1.89 bits per heavy atom. The number of urea groups is 1. The Hall–Kier alpha value is -1.75. The minimum Gasteiger partial charge on any atom is -0.491 e. The standard InChI is InChI=1S/C14H22N2O3/c1-10(2)19-13-6-4-12(5-7-13)8-15-14(18)16-11(3)9-17/h4-7,10-11,17H,8-9H2,1-3H3,(H2,15,16,18). The van der Waals surface area contributed by atoms with E-state index in [-0.39, 0.29) is 24.8 Å². The van der Waals surface area contributed by atoms with Crippen molar-refractivity contribution in [1.82, 2.24) is 10.6 Å². The highest BCUT2D eigenvalue weighted by atomic mass is 16.5. The smallest absolute Gasteiger partial charge is 0.315 e. The largest absolute Gasteiger partial charge is 0.491 e. The fourth-order valence-electron chi connectivity index (χ4n) is 1.46.